The SMILES string of the molecule is Cc1cccc2c(=O)n(CCC(=O)N3C[C@@H](CN)[C@H](c4ccccc4)C3)cnc12.Cl. The molecule has 0 saturated carbocycles. The Bertz CT molecular complexity index is 1080. The number of aromatic nitrogens is 2. The summed E-state index contributed by atoms with van der Waals surface area (Å²) in [5, 5.41) is 0.591. The van der Waals surface area contributed by atoms with Gasteiger partial charge in [-0.1, -0.05) is 42.5 Å². The van der Waals surface area contributed by atoms with Crippen molar-refractivity contribution in [2.45, 2.75) is 25.8 Å². The molecular formula is C23H27ClN4O2. The van der Waals surface area contributed by atoms with Gasteiger partial charge in [-0.25, -0.2) is 4.98 Å². The maximum atomic E-state index is 12.8. The molecule has 3 aromatic rings. The van der Waals surface area contributed by atoms with Crippen LogP contribution in [0.2, 0.25) is 0 Å². The number of amides is 1. The van der Waals surface area contributed by atoms with Crippen LogP contribution in [0.1, 0.15) is 23.5 Å². The van der Waals surface area contributed by atoms with Crippen LogP contribution in [-0.4, -0.2) is 40.0 Å². The molecule has 1 aliphatic rings. The quantitative estimate of drug-likeness (QED) is 0.680. The van der Waals surface area contributed by atoms with E-state index in [0.29, 0.717) is 31.6 Å². The molecule has 1 fully saturated rings. The fourth-order valence-corrected chi connectivity index (χ4v) is 4.26. The molecule has 0 unspecified atom stereocenters. The van der Waals surface area contributed by atoms with Crippen LogP contribution in [0.25, 0.3) is 10.9 Å². The molecule has 4 rings (SSSR count). The Hall–Kier alpha value is -2.70. The van der Waals surface area contributed by atoms with Crippen molar-refractivity contribution < 1.29 is 4.79 Å². The predicted molar refractivity (Wildman–Crippen MR) is 121 cm³/mol. The van der Waals surface area contributed by atoms with E-state index in [1.165, 1.54) is 10.1 Å². The molecule has 0 bridgehead atoms. The molecule has 7 heteroatoms. The van der Waals surface area contributed by atoms with Crippen molar-refractivity contribution in [1.82, 2.24) is 14.5 Å². The number of benzene rings is 2. The number of carbonyl (C=O) groups is 1. The number of hydrogen-bond acceptors (Lipinski definition) is 4. The second kappa shape index (κ2) is 9.41. The van der Waals surface area contributed by atoms with Crippen LogP contribution in [0.4, 0.5) is 0 Å². The Morgan fingerprint density at radius 2 is 1.90 bits per heavy atom. The second-order valence-corrected chi connectivity index (χ2v) is 7.78. The molecule has 0 radical (unpaired) electrons. The number of carbonyl (C=O) groups excluding carboxylic acids is 1. The summed E-state index contributed by atoms with van der Waals surface area (Å²) in [6.45, 7) is 4.16. The zero-order valence-corrected chi connectivity index (χ0v) is 17.8. The minimum Gasteiger partial charge on any atom is -0.342 e. The first-order valence-corrected chi connectivity index (χ1v) is 10.1. The summed E-state index contributed by atoms with van der Waals surface area (Å²) in [7, 11) is 0. The molecule has 1 saturated heterocycles. The largest absolute Gasteiger partial charge is 0.342 e. The van der Waals surface area contributed by atoms with Crippen LogP contribution in [0.3, 0.4) is 0 Å². The summed E-state index contributed by atoms with van der Waals surface area (Å²) < 4.78 is 1.53. The van der Waals surface area contributed by atoms with Gasteiger partial charge < -0.3 is 10.6 Å². The first kappa shape index (κ1) is 22.0. The van der Waals surface area contributed by atoms with E-state index in [2.05, 4.69) is 17.1 Å². The smallest absolute Gasteiger partial charge is 0.261 e. The van der Waals surface area contributed by atoms with Gasteiger partial charge in [-0.2, -0.15) is 0 Å². The number of rotatable bonds is 5. The van der Waals surface area contributed by atoms with Gasteiger partial charge in [0.1, 0.15) is 0 Å². The standard InChI is InChI=1S/C23H26N4O2.ClH/c1-16-6-5-9-19-22(16)25-15-26(23(19)29)11-10-21(28)27-13-18(12-24)20(14-27)17-7-3-2-4-8-17;/h2-9,15,18,20H,10-14,24H2,1H3;1H/t18-,20+;/m1./s1. The predicted octanol–water partition coefficient (Wildman–Crippen LogP) is 2.72. The Morgan fingerprint density at radius 1 is 1.13 bits per heavy atom. The molecule has 1 aliphatic heterocycles. The van der Waals surface area contributed by atoms with Crippen molar-refractivity contribution >= 4 is 29.2 Å². The fourth-order valence-electron chi connectivity index (χ4n) is 4.26. The Balaban J connectivity index is 0.00000256. The maximum absolute atomic E-state index is 12.8. The molecule has 30 heavy (non-hydrogen) atoms. The number of fused-ring (bicyclic) bond motifs is 1. The number of halogens is 1. The van der Waals surface area contributed by atoms with Gasteiger partial charge in [-0.05, 0) is 36.6 Å². The van der Waals surface area contributed by atoms with Crippen molar-refractivity contribution in [3.63, 3.8) is 0 Å². The minimum atomic E-state index is -0.102. The van der Waals surface area contributed by atoms with Crippen LogP contribution in [0.5, 0.6) is 0 Å². The van der Waals surface area contributed by atoms with Crippen molar-refractivity contribution in [2.75, 3.05) is 19.6 Å². The molecule has 1 aromatic heterocycles. The van der Waals surface area contributed by atoms with Crippen molar-refractivity contribution in [3.8, 4) is 0 Å². The minimum absolute atomic E-state index is 0. The third-order valence-electron chi connectivity index (χ3n) is 5.95. The molecule has 2 aromatic carbocycles. The molecule has 0 aliphatic carbocycles. The highest BCUT2D eigenvalue weighted by Crippen LogP contribution is 2.32. The first-order chi connectivity index (χ1) is 14.1. The fraction of sp³-hybridized carbons (Fsp3) is 0.348. The van der Waals surface area contributed by atoms with E-state index in [1.54, 1.807) is 12.4 Å². The molecule has 2 heterocycles. The van der Waals surface area contributed by atoms with Gasteiger partial charge in [0, 0.05) is 32.0 Å². The van der Waals surface area contributed by atoms with E-state index in [-0.39, 0.29) is 42.1 Å². The van der Waals surface area contributed by atoms with Crippen LogP contribution in [0.15, 0.2) is 59.7 Å². The number of nitrogens with zero attached hydrogens (tertiary/aromatic N) is 3. The lowest BCUT2D eigenvalue weighted by Crippen LogP contribution is -2.31. The van der Waals surface area contributed by atoms with E-state index in [1.807, 2.05) is 42.2 Å². The maximum Gasteiger partial charge on any atom is 0.261 e. The molecule has 0 spiro atoms. The molecule has 2 atom stereocenters. The number of likely N-dealkylation sites (tertiary alicyclic amines) is 1. The van der Waals surface area contributed by atoms with Gasteiger partial charge in [-0.15, -0.1) is 12.4 Å². The Labute approximate surface area is 182 Å². The lowest BCUT2D eigenvalue weighted by molar-refractivity contribution is -0.130. The lowest BCUT2D eigenvalue weighted by Gasteiger charge is -2.17. The van der Waals surface area contributed by atoms with Gasteiger partial charge in [0.25, 0.3) is 5.56 Å². The number of hydrogen-bond donors (Lipinski definition) is 1. The average molecular weight is 427 g/mol. The van der Waals surface area contributed by atoms with Gasteiger partial charge in [0.05, 0.1) is 17.2 Å². The van der Waals surface area contributed by atoms with Gasteiger partial charge in [-0.3, -0.25) is 14.2 Å². The van der Waals surface area contributed by atoms with Crippen molar-refractivity contribution in [3.05, 3.63) is 76.3 Å². The number of para-hydroxylation sites is 1. The normalized spacial score (nSPS) is 18.4. The summed E-state index contributed by atoms with van der Waals surface area (Å²) in [4.78, 5) is 31.9. The van der Waals surface area contributed by atoms with E-state index < -0.39 is 0 Å². The van der Waals surface area contributed by atoms with Crippen molar-refractivity contribution in [1.29, 1.82) is 0 Å². The average Bonchev–Trinajstić information content (AvgIpc) is 3.19. The van der Waals surface area contributed by atoms with Crippen LogP contribution in [0, 0.1) is 12.8 Å². The van der Waals surface area contributed by atoms with E-state index in [4.69, 9.17) is 5.73 Å². The highest BCUT2D eigenvalue weighted by atomic mass is 35.5. The highest BCUT2D eigenvalue weighted by molar-refractivity contribution is 5.85. The third-order valence-corrected chi connectivity index (χ3v) is 5.95. The summed E-state index contributed by atoms with van der Waals surface area (Å²) >= 11 is 0. The molecular weight excluding hydrogens is 400 g/mol. The van der Waals surface area contributed by atoms with Crippen molar-refractivity contribution in [2.24, 2.45) is 11.7 Å². The Morgan fingerprint density at radius 3 is 2.63 bits per heavy atom. The molecule has 158 valence electrons. The van der Waals surface area contributed by atoms with Crippen LogP contribution in [-0.2, 0) is 11.3 Å². The zero-order chi connectivity index (χ0) is 20.4. The van der Waals surface area contributed by atoms with Gasteiger partial charge >= 0.3 is 0 Å². The molecule has 6 nitrogen and oxygen atoms in total. The summed E-state index contributed by atoms with van der Waals surface area (Å²) in [5.74, 6) is 0.575. The topological polar surface area (TPSA) is 81.2 Å². The second-order valence-electron chi connectivity index (χ2n) is 7.78. The summed E-state index contributed by atoms with van der Waals surface area (Å²) in [5.41, 5.74) is 8.80. The summed E-state index contributed by atoms with van der Waals surface area (Å²) in [6, 6.07) is 15.8. The first-order valence-electron chi connectivity index (χ1n) is 10.1. The monoisotopic (exact) mass is 426 g/mol. The number of nitrogens with two attached hydrogens (primary N) is 1. The lowest BCUT2D eigenvalue weighted by atomic mass is 9.89. The zero-order valence-electron chi connectivity index (χ0n) is 17.0. The third kappa shape index (κ3) is 4.25. The number of aryl methyl sites for hydroxylation is 2. The van der Waals surface area contributed by atoms with Crippen LogP contribution >= 0.6 is 12.4 Å². The van der Waals surface area contributed by atoms with Gasteiger partial charge in [0.15, 0.2) is 0 Å². The van der Waals surface area contributed by atoms with E-state index >= 15 is 0 Å². The van der Waals surface area contributed by atoms with E-state index in [0.717, 1.165) is 11.1 Å². The van der Waals surface area contributed by atoms with Crippen LogP contribution < -0.4 is 11.3 Å². The molecule has 2 N–H and O–H groups in total. The van der Waals surface area contributed by atoms with Gasteiger partial charge in [0.2, 0.25) is 5.91 Å². The highest BCUT2D eigenvalue weighted by Gasteiger charge is 2.34. The Kier molecular flexibility index (Phi) is 6.90. The van der Waals surface area contributed by atoms with E-state index in [9.17, 15) is 9.59 Å². The molecule has 1 amide bonds. The summed E-state index contributed by atoms with van der Waals surface area (Å²) in [6.07, 6.45) is 1.82.